The van der Waals surface area contributed by atoms with E-state index in [9.17, 15) is 19.5 Å². The van der Waals surface area contributed by atoms with Gasteiger partial charge >= 0.3 is 0 Å². The van der Waals surface area contributed by atoms with Gasteiger partial charge in [0.25, 0.3) is 11.5 Å². The summed E-state index contributed by atoms with van der Waals surface area (Å²) < 4.78 is 9.32. The molecule has 1 aromatic carbocycles. The molecule has 14 heteroatoms. The highest BCUT2D eigenvalue weighted by Crippen LogP contribution is 2.41. The van der Waals surface area contributed by atoms with E-state index in [1.807, 2.05) is 24.3 Å². The number of ether oxygens (including phenoxy) is 1. The number of aromatic nitrogens is 4. The van der Waals surface area contributed by atoms with Gasteiger partial charge in [0.2, 0.25) is 5.91 Å². The van der Waals surface area contributed by atoms with Gasteiger partial charge in [-0.1, -0.05) is 20.4 Å². The minimum atomic E-state index is -0.826. The smallest absolute Gasteiger partial charge is 0.293 e. The molecule has 58 heavy (non-hydrogen) atoms. The minimum absolute atomic E-state index is 0.0958. The van der Waals surface area contributed by atoms with Crippen molar-refractivity contribution >= 4 is 40.5 Å². The zero-order chi connectivity index (χ0) is 40.5. The van der Waals surface area contributed by atoms with Gasteiger partial charge in [-0.3, -0.25) is 24.2 Å². The van der Waals surface area contributed by atoms with E-state index in [1.165, 1.54) is 17.3 Å². The summed E-state index contributed by atoms with van der Waals surface area (Å²) in [5.74, 6) is 0.165. The van der Waals surface area contributed by atoms with E-state index in [1.54, 1.807) is 22.7 Å². The number of rotatable bonds is 7. The van der Waals surface area contributed by atoms with Gasteiger partial charge < -0.3 is 34.5 Å². The fourth-order valence-corrected chi connectivity index (χ4v) is 9.99. The maximum atomic E-state index is 14.2. The predicted molar refractivity (Wildman–Crippen MR) is 224 cm³/mol. The fourth-order valence-electron chi connectivity index (χ4n) is 9.99. The summed E-state index contributed by atoms with van der Waals surface area (Å²) in [5, 5.41) is 17.7. The monoisotopic (exact) mass is 787 g/mol. The van der Waals surface area contributed by atoms with Crippen LogP contribution < -0.4 is 26.0 Å². The Labute approximate surface area is 338 Å². The van der Waals surface area contributed by atoms with E-state index in [2.05, 4.69) is 58.4 Å². The van der Waals surface area contributed by atoms with Crippen LogP contribution in [0.4, 0.5) is 28.7 Å². The van der Waals surface area contributed by atoms with Crippen molar-refractivity contribution in [3.8, 4) is 11.3 Å². The molecule has 2 fully saturated rings. The average Bonchev–Trinajstić information content (AvgIpc) is 3.65. The predicted octanol–water partition coefficient (Wildman–Crippen LogP) is 4.45. The summed E-state index contributed by atoms with van der Waals surface area (Å²) in [5.41, 5.74) is 7.64. The van der Waals surface area contributed by atoms with Gasteiger partial charge in [0.05, 0.1) is 23.2 Å². The van der Waals surface area contributed by atoms with Gasteiger partial charge in [0.1, 0.15) is 11.5 Å². The van der Waals surface area contributed by atoms with Crippen LogP contribution >= 0.6 is 0 Å². The van der Waals surface area contributed by atoms with Gasteiger partial charge in [-0.05, 0) is 80.0 Å². The minimum Gasteiger partial charge on any atom is -0.392 e. The zero-order valence-corrected chi connectivity index (χ0v) is 33.9. The standard InChI is InChI=1S/C44H53N9O5/c1-6-38(55)47-33-20-28(7-8-34(33)51-14-13-50(25-26(51)2)29-10-17-58-18-11-29)46-40-43(57)49(5)35-22-30(54)21-32-31(39(35)48-40)9-12-45-41(32)53-16-15-52-36(42(53)56)19-27-23-44(3,4)24-37(27)52/h6-9,12,19-20,26,29-30,54H,1,10-11,13-18,21-25H2,2-5H3,(H,46,48)(H,47,55)/t26-,30?/m0/s1. The Morgan fingerprint density at radius 2 is 1.84 bits per heavy atom. The van der Waals surface area contributed by atoms with Crippen molar-refractivity contribution in [1.82, 2.24) is 24.0 Å². The van der Waals surface area contributed by atoms with E-state index in [0.717, 1.165) is 75.3 Å². The van der Waals surface area contributed by atoms with Crippen LogP contribution in [0.25, 0.3) is 11.3 Å². The molecule has 3 aromatic heterocycles. The molecular weight excluding hydrogens is 735 g/mol. The molecule has 2 aliphatic carbocycles. The highest BCUT2D eigenvalue weighted by molar-refractivity contribution is 6.06. The van der Waals surface area contributed by atoms with E-state index >= 15 is 0 Å². The number of hydrogen-bond acceptors (Lipinski definition) is 10. The molecule has 0 saturated carbocycles. The van der Waals surface area contributed by atoms with Crippen LogP contribution in [-0.2, 0) is 48.8 Å². The zero-order valence-electron chi connectivity index (χ0n) is 33.9. The van der Waals surface area contributed by atoms with Gasteiger partial charge in [0.15, 0.2) is 5.82 Å². The number of anilines is 5. The molecule has 2 atom stereocenters. The first-order chi connectivity index (χ1) is 27.9. The Hall–Kier alpha value is -5.31. The molecule has 1 unspecified atom stereocenters. The lowest BCUT2D eigenvalue weighted by molar-refractivity contribution is -0.111. The summed E-state index contributed by atoms with van der Waals surface area (Å²) in [6.07, 6.45) is 6.53. The highest BCUT2D eigenvalue weighted by atomic mass is 16.5. The number of nitrogens with zero attached hydrogens (tertiary/aromatic N) is 7. The summed E-state index contributed by atoms with van der Waals surface area (Å²) in [6.45, 7) is 15.7. The topological polar surface area (TPSA) is 150 Å². The quantitative estimate of drug-likeness (QED) is 0.230. The average molecular weight is 788 g/mol. The summed E-state index contributed by atoms with van der Waals surface area (Å²) in [4.78, 5) is 57.2. The molecule has 0 bridgehead atoms. The lowest BCUT2D eigenvalue weighted by atomic mass is 9.90. The van der Waals surface area contributed by atoms with Crippen LogP contribution in [0.15, 0.2) is 54.0 Å². The Morgan fingerprint density at radius 3 is 2.62 bits per heavy atom. The molecule has 4 aromatic rings. The Morgan fingerprint density at radius 1 is 1.03 bits per heavy atom. The lowest BCUT2D eigenvalue weighted by Crippen LogP contribution is -2.56. The first-order valence-corrected chi connectivity index (χ1v) is 20.6. The number of hydrogen-bond donors (Lipinski definition) is 3. The number of aliphatic hydroxyl groups is 1. The Balaban J connectivity index is 1.03. The Bertz CT molecular complexity index is 2380. The number of aliphatic hydroxyl groups excluding tert-OH is 1. The third-order valence-electron chi connectivity index (χ3n) is 12.8. The number of fused-ring (bicyclic) bond motifs is 6. The SMILES string of the molecule is C=CC(=O)Nc1cc(Nc2nc3c(n(C)c2=O)CC(O)Cc2c-3ccnc2N2CCn3c(cc4c3CC(C)(C)C4)C2=O)ccc1N1CCN(C2CCOCC2)C[C@@H]1C. The molecule has 0 spiro atoms. The summed E-state index contributed by atoms with van der Waals surface area (Å²) in [6, 6.07) is 10.3. The van der Waals surface area contributed by atoms with E-state index in [4.69, 9.17) is 14.7 Å². The summed E-state index contributed by atoms with van der Waals surface area (Å²) in [7, 11) is 1.69. The maximum absolute atomic E-state index is 14.2. The molecule has 5 aliphatic rings. The normalized spacial score (nSPS) is 21.8. The summed E-state index contributed by atoms with van der Waals surface area (Å²) >= 11 is 0. The van der Waals surface area contributed by atoms with Crippen LogP contribution in [0, 0.1) is 5.41 Å². The van der Waals surface area contributed by atoms with Crippen LogP contribution in [0.1, 0.15) is 66.6 Å². The fraction of sp³-hybridized carbons (Fsp3) is 0.477. The molecule has 2 saturated heterocycles. The second-order valence-electron chi connectivity index (χ2n) is 17.4. The van der Waals surface area contributed by atoms with E-state index < -0.39 is 6.10 Å². The lowest BCUT2D eigenvalue weighted by Gasteiger charge is -2.45. The first kappa shape index (κ1) is 38.2. The van der Waals surface area contributed by atoms with Crippen LogP contribution in [-0.4, -0.2) is 98.5 Å². The van der Waals surface area contributed by atoms with Crippen LogP contribution in [0.3, 0.4) is 0 Å². The van der Waals surface area contributed by atoms with Crippen molar-refractivity contribution in [2.45, 2.75) is 84.0 Å². The van der Waals surface area contributed by atoms with Crippen molar-refractivity contribution in [3.63, 3.8) is 0 Å². The van der Waals surface area contributed by atoms with Gasteiger partial charge in [-0.2, -0.15) is 0 Å². The van der Waals surface area contributed by atoms with Crippen molar-refractivity contribution in [3.05, 3.63) is 87.7 Å². The second-order valence-corrected chi connectivity index (χ2v) is 17.4. The number of amides is 2. The molecule has 2 amide bonds. The molecular formula is C44H53N9O5. The molecule has 0 radical (unpaired) electrons. The maximum Gasteiger partial charge on any atom is 0.293 e. The number of piperazine rings is 1. The van der Waals surface area contributed by atoms with Gasteiger partial charge in [-0.15, -0.1) is 0 Å². The van der Waals surface area contributed by atoms with Crippen LogP contribution in [0.5, 0.6) is 0 Å². The number of benzene rings is 1. The van der Waals surface area contributed by atoms with Crippen molar-refractivity contribution in [2.75, 3.05) is 59.8 Å². The van der Waals surface area contributed by atoms with Crippen LogP contribution in [0.2, 0.25) is 0 Å². The Kier molecular flexibility index (Phi) is 9.76. The molecule has 6 heterocycles. The number of carbonyl (C=O) groups is 2. The van der Waals surface area contributed by atoms with Crippen molar-refractivity contribution < 1.29 is 19.4 Å². The van der Waals surface area contributed by atoms with Crippen molar-refractivity contribution in [1.29, 1.82) is 0 Å². The number of carbonyl (C=O) groups excluding carboxylic acids is 2. The third kappa shape index (κ3) is 6.80. The first-order valence-electron chi connectivity index (χ1n) is 20.6. The molecule has 3 N–H and O–H groups in total. The second kappa shape index (κ2) is 14.8. The molecule has 304 valence electrons. The largest absolute Gasteiger partial charge is 0.392 e. The number of pyridine rings is 1. The molecule has 3 aliphatic heterocycles. The molecule has 9 rings (SSSR count). The van der Waals surface area contributed by atoms with Gasteiger partial charge in [0, 0.05) is 112 Å². The highest BCUT2D eigenvalue weighted by Gasteiger charge is 2.39. The van der Waals surface area contributed by atoms with Gasteiger partial charge in [-0.25, -0.2) is 9.97 Å². The molecule has 14 nitrogen and oxygen atoms in total. The number of nitrogens with one attached hydrogen (secondary N) is 2. The van der Waals surface area contributed by atoms with E-state index in [0.29, 0.717) is 53.4 Å². The third-order valence-corrected chi connectivity index (χ3v) is 12.8. The van der Waals surface area contributed by atoms with Crippen molar-refractivity contribution in [2.24, 2.45) is 12.5 Å². The van der Waals surface area contributed by atoms with E-state index in [-0.39, 0.29) is 47.5 Å².